The van der Waals surface area contributed by atoms with E-state index in [1.807, 2.05) is 45.2 Å². The van der Waals surface area contributed by atoms with Crippen LogP contribution < -0.4 is 10.6 Å². The summed E-state index contributed by atoms with van der Waals surface area (Å²) >= 11 is 0. The number of aromatic nitrogens is 4. The molecule has 1 amide bonds. The Balaban J connectivity index is 1.84. The van der Waals surface area contributed by atoms with Crippen molar-refractivity contribution < 1.29 is 9.53 Å². The van der Waals surface area contributed by atoms with Gasteiger partial charge in [-0.3, -0.25) is 14.9 Å². The van der Waals surface area contributed by atoms with Crippen LogP contribution in [0.2, 0.25) is 0 Å². The highest BCUT2D eigenvalue weighted by Gasteiger charge is 2.24. The third-order valence-electron chi connectivity index (χ3n) is 6.77. The second-order valence-electron chi connectivity index (χ2n) is 8.90. The van der Waals surface area contributed by atoms with Gasteiger partial charge in [-0.15, -0.1) is 0 Å². The number of H-pyrrole nitrogens is 1. The number of hydrogen-bond acceptors (Lipinski definition) is 6. The first-order valence-corrected chi connectivity index (χ1v) is 11.4. The fourth-order valence-corrected chi connectivity index (χ4v) is 4.78. The van der Waals surface area contributed by atoms with Crippen LogP contribution in [0, 0.1) is 20.8 Å². The van der Waals surface area contributed by atoms with Gasteiger partial charge in [0.2, 0.25) is 5.91 Å². The van der Waals surface area contributed by atoms with Gasteiger partial charge in [-0.2, -0.15) is 5.10 Å². The number of morpholine rings is 1. The number of nitrogens with zero attached hydrogens (tertiary/aromatic N) is 4. The second-order valence-corrected chi connectivity index (χ2v) is 8.90. The summed E-state index contributed by atoms with van der Waals surface area (Å²) in [6.07, 6.45) is 3.59. The zero-order chi connectivity index (χ0) is 24.0. The molecule has 0 bridgehead atoms. The molecule has 0 unspecified atom stereocenters. The van der Waals surface area contributed by atoms with Crippen molar-refractivity contribution in [2.75, 3.05) is 24.7 Å². The number of carbonyl (C=O) groups excluding carboxylic acids is 1. The number of rotatable bonds is 4. The minimum atomic E-state index is -0.420. The van der Waals surface area contributed by atoms with Crippen molar-refractivity contribution >= 4 is 22.6 Å². The quantitative estimate of drug-likeness (QED) is 0.481. The van der Waals surface area contributed by atoms with E-state index >= 15 is 0 Å². The summed E-state index contributed by atoms with van der Waals surface area (Å²) in [5.74, 6) is 0.457. The number of aromatic amines is 1. The molecule has 0 aliphatic carbocycles. The lowest BCUT2D eigenvalue weighted by molar-refractivity contribution is 0.0985. The maximum Gasteiger partial charge on any atom is 0.248 e. The molecule has 174 valence electrons. The van der Waals surface area contributed by atoms with E-state index in [9.17, 15) is 4.79 Å². The largest absolute Gasteiger partial charge is 0.377 e. The third kappa shape index (κ3) is 3.60. The molecule has 4 heterocycles. The predicted molar refractivity (Wildman–Crippen MR) is 133 cm³/mol. The van der Waals surface area contributed by atoms with Crippen molar-refractivity contribution in [1.82, 2.24) is 20.2 Å². The number of amides is 1. The first-order chi connectivity index (χ1) is 16.4. The molecule has 1 aliphatic rings. The van der Waals surface area contributed by atoms with E-state index in [1.54, 1.807) is 6.20 Å². The van der Waals surface area contributed by atoms with Gasteiger partial charge >= 0.3 is 0 Å². The normalized spacial score (nSPS) is 16.2. The summed E-state index contributed by atoms with van der Waals surface area (Å²) < 4.78 is 5.67. The Morgan fingerprint density at radius 3 is 2.71 bits per heavy atom. The van der Waals surface area contributed by atoms with Gasteiger partial charge in [-0.1, -0.05) is 6.07 Å². The smallest absolute Gasteiger partial charge is 0.248 e. The Kier molecular flexibility index (Phi) is 5.53. The van der Waals surface area contributed by atoms with Crippen LogP contribution >= 0.6 is 0 Å². The molecule has 1 saturated heterocycles. The zero-order valence-electron chi connectivity index (χ0n) is 19.8. The molecule has 3 N–H and O–H groups in total. The molecule has 8 nitrogen and oxygen atoms in total. The Morgan fingerprint density at radius 2 is 2.00 bits per heavy atom. The molecule has 34 heavy (non-hydrogen) atoms. The van der Waals surface area contributed by atoms with E-state index in [4.69, 9.17) is 20.4 Å². The highest BCUT2D eigenvalue weighted by molar-refractivity contribution is 6.04. The van der Waals surface area contributed by atoms with Crippen LogP contribution in [0.4, 0.5) is 5.82 Å². The molecule has 1 fully saturated rings. The van der Waals surface area contributed by atoms with Gasteiger partial charge < -0.3 is 15.4 Å². The van der Waals surface area contributed by atoms with Gasteiger partial charge in [0, 0.05) is 29.9 Å². The number of benzene rings is 1. The maximum absolute atomic E-state index is 11.9. The van der Waals surface area contributed by atoms with E-state index in [1.165, 1.54) is 0 Å². The van der Waals surface area contributed by atoms with Crippen LogP contribution in [-0.4, -0.2) is 51.9 Å². The first-order valence-electron chi connectivity index (χ1n) is 11.4. The highest BCUT2D eigenvalue weighted by atomic mass is 16.5. The lowest BCUT2D eigenvalue weighted by Crippen LogP contribution is -2.44. The Bertz CT molecular complexity index is 1400. The molecule has 0 saturated carbocycles. The molecule has 3 aromatic heterocycles. The summed E-state index contributed by atoms with van der Waals surface area (Å²) in [6.45, 7) is 10.2. The number of aryl methyl sites for hydroxylation is 1. The van der Waals surface area contributed by atoms with E-state index in [0.29, 0.717) is 18.8 Å². The summed E-state index contributed by atoms with van der Waals surface area (Å²) in [7, 11) is 0. The zero-order valence-corrected chi connectivity index (χ0v) is 19.8. The van der Waals surface area contributed by atoms with Crippen LogP contribution in [0.25, 0.3) is 33.4 Å². The third-order valence-corrected chi connectivity index (χ3v) is 6.77. The lowest BCUT2D eigenvalue weighted by atomic mass is 9.90. The minimum Gasteiger partial charge on any atom is -0.377 e. The molecule has 5 rings (SSSR count). The number of hydrogen-bond donors (Lipinski definition) is 2. The van der Waals surface area contributed by atoms with E-state index in [2.05, 4.69) is 28.1 Å². The number of carbonyl (C=O) groups is 1. The number of fused-ring (bicyclic) bond motifs is 1. The Hall–Kier alpha value is -3.78. The van der Waals surface area contributed by atoms with Crippen molar-refractivity contribution in [3.8, 4) is 22.5 Å². The number of nitrogens with two attached hydrogens (primary N) is 1. The van der Waals surface area contributed by atoms with Crippen molar-refractivity contribution in [2.24, 2.45) is 5.73 Å². The van der Waals surface area contributed by atoms with Gasteiger partial charge in [0.1, 0.15) is 17.0 Å². The average Bonchev–Trinajstić information content (AvgIpc) is 3.35. The number of nitrogens with one attached hydrogen (secondary N) is 1. The standard InChI is InChI=1S/C26H28N6O2/c1-14-12-28-24(21-7-8-29-31-21)25-23(14)20(11-22(30-25)32-9-10-34-13-15(32)2)18-5-6-19(26(27)33)17(4)16(18)3/h5-8,11-12,15H,9-10,13H2,1-4H3,(H2,27,33)(H,29,31)/t15-/m1/s1. The molecule has 0 spiro atoms. The van der Waals surface area contributed by atoms with Crippen LogP contribution in [0.15, 0.2) is 36.7 Å². The van der Waals surface area contributed by atoms with Gasteiger partial charge in [0.15, 0.2) is 0 Å². The van der Waals surface area contributed by atoms with Gasteiger partial charge in [-0.25, -0.2) is 4.98 Å². The van der Waals surface area contributed by atoms with Gasteiger partial charge in [-0.05, 0) is 73.7 Å². The van der Waals surface area contributed by atoms with E-state index in [-0.39, 0.29) is 6.04 Å². The minimum absolute atomic E-state index is 0.194. The number of primary amides is 1. The molecular formula is C26H28N6O2. The Labute approximate surface area is 198 Å². The molecule has 4 aromatic rings. The number of ether oxygens (including phenoxy) is 1. The average molecular weight is 457 g/mol. The highest BCUT2D eigenvalue weighted by Crippen LogP contribution is 2.39. The molecule has 1 aliphatic heterocycles. The topological polar surface area (TPSA) is 110 Å². The van der Waals surface area contributed by atoms with Crippen molar-refractivity contribution in [3.05, 3.63) is 58.9 Å². The summed E-state index contributed by atoms with van der Waals surface area (Å²) in [5.41, 5.74) is 13.6. The number of pyridine rings is 2. The van der Waals surface area contributed by atoms with Crippen molar-refractivity contribution in [2.45, 2.75) is 33.7 Å². The maximum atomic E-state index is 11.9. The summed E-state index contributed by atoms with van der Waals surface area (Å²) in [5, 5.41) is 8.18. The molecule has 1 aromatic carbocycles. The molecule has 0 radical (unpaired) electrons. The monoisotopic (exact) mass is 456 g/mol. The van der Waals surface area contributed by atoms with E-state index in [0.717, 1.165) is 62.5 Å². The number of anilines is 1. The van der Waals surface area contributed by atoms with Crippen LogP contribution in [0.3, 0.4) is 0 Å². The summed E-state index contributed by atoms with van der Waals surface area (Å²) in [6, 6.07) is 8.05. The fourth-order valence-electron chi connectivity index (χ4n) is 4.78. The van der Waals surface area contributed by atoms with Crippen LogP contribution in [0.5, 0.6) is 0 Å². The van der Waals surface area contributed by atoms with Gasteiger partial charge in [0.05, 0.1) is 24.9 Å². The summed E-state index contributed by atoms with van der Waals surface area (Å²) in [4.78, 5) is 24.1. The molecular weight excluding hydrogens is 428 g/mol. The van der Waals surface area contributed by atoms with Crippen LogP contribution in [-0.2, 0) is 4.74 Å². The lowest BCUT2D eigenvalue weighted by Gasteiger charge is -2.35. The predicted octanol–water partition coefficient (Wildman–Crippen LogP) is 3.94. The first kappa shape index (κ1) is 22.0. The van der Waals surface area contributed by atoms with Gasteiger partial charge in [0.25, 0.3) is 0 Å². The molecule has 1 atom stereocenters. The SMILES string of the molecule is Cc1c(C(N)=O)ccc(-c2cc(N3CCOC[C@H]3C)nc3c(-c4ccn[nH]4)ncc(C)c23)c1C. The van der Waals surface area contributed by atoms with Crippen molar-refractivity contribution in [1.29, 1.82) is 0 Å². The Morgan fingerprint density at radius 1 is 1.18 bits per heavy atom. The van der Waals surface area contributed by atoms with Crippen LogP contribution in [0.1, 0.15) is 34.0 Å². The van der Waals surface area contributed by atoms with E-state index < -0.39 is 5.91 Å². The second kappa shape index (κ2) is 8.53. The molecule has 8 heteroatoms. The van der Waals surface area contributed by atoms with Crippen molar-refractivity contribution in [3.63, 3.8) is 0 Å². The fraction of sp³-hybridized carbons (Fsp3) is 0.308.